The van der Waals surface area contributed by atoms with Gasteiger partial charge in [0.2, 0.25) is 0 Å². The first-order valence-corrected chi connectivity index (χ1v) is 10.4. The van der Waals surface area contributed by atoms with Gasteiger partial charge in [-0.15, -0.1) is 0 Å². The lowest BCUT2D eigenvalue weighted by Crippen LogP contribution is -2.31. The van der Waals surface area contributed by atoms with Gasteiger partial charge in [-0.25, -0.2) is 0 Å². The van der Waals surface area contributed by atoms with E-state index in [-0.39, 0.29) is 5.54 Å². The van der Waals surface area contributed by atoms with Gasteiger partial charge < -0.3 is 0 Å². The van der Waals surface area contributed by atoms with Gasteiger partial charge in [-0.2, -0.15) is 0 Å². The third-order valence-corrected chi connectivity index (χ3v) is 5.50. The summed E-state index contributed by atoms with van der Waals surface area (Å²) in [5.41, 5.74) is 5.67. The number of benzene rings is 2. The van der Waals surface area contributed by atoms with E-state index in [1.54, 1.807) is 0 Å². The van der Waals surface area contributed by atoms with Crippen molar-refractivity contribution in [1.29, 1.82) is 0 Å². The Bertz CT molecular complexity index is 805. The lowest BCUT2D eigenvalue weighted by Gasteiger charge is -2.25. The second kappa shape index (κ2) is 10.2. The zero-order valence-corrected chi connectivity index (χ0v) is 18.3. The smallest absolute Gasteiger partial charge is 0.0464 e. The number of hydrogen-bond donors (Lipinski definition) is 0. The van der Waals surface area contributed by atoms with Gasteiger partial charge in [-0.05, 0) is 56.6 Å². The lowest BCUT2D eigenvalue weighted by atomic mass is 9.92. The monoisotopic (exact) mass is 373 g/mol. The highest BCUT2D eigenvalue weighted by Gasteiger charge is 2.56. The molecular weight excluding hydrogens is 338 g/mol. The summed E-state index contributed by atoms with van der Waals surface area (Å²) in [5, 5.41) is 0. The van der Waals surface area contributed by atoms with E-state index in [0.29, 0.717) is 5.92 Å². The molecule has 0 spiro atoms. The highest BCUT2D eigenvalue weighted by atomic mass is 15.2. The molecule has 2 aliphatic rings. The maximum atomic E-state index is 2.36. The van der Waals surface area contributed by atoms with Crippen molar-refractivity contribution in [2.24, 2.45) is 5.92 Å². The third kappa shape index (κ3) is 4.72. The van der Waals surface area contributed by atoms with Crippen LogP contribution in [0.5, 0.6) is 0 Å². The van der Waals surface area contributed by atoms with Gasteiger partial charge in [-0.1, -0.05) is 98.8 Å². The zero-order chi connectivity index (χ0) is 20.6. The average molecular weight is 374 g/mol. The van der Waals surface area contributed by atoms with E-state index >= 15 is 0 Å². The molecule has 2 aliphatic carbocycles. The molecule has 2 atom stereocenters. The van der Waals surface area contributed by atoms with E-state index in [1.165, 1.54) is 28.7 Å². The van der Waals surface area contributed by atoms with Crippen LogP contribution in [-0.2, 0) is 0 Å². The number of rotatable bonds is 3. The van der Waals surface area contributed by atoms with Crippen LogP contribution >= 0.6 is 0 Å². The van der Waals surface area contributed by atoms with Crippen LogP contribution in [0.3, 0.4) is 0 Å². The molecule has 2 unspecified atom stereocenters. The molecule has 1 nitrogen and oxygen atoms in total. The quantitative estimate of drug-likeness (QED) is 0.513. The minimum atomic E-state index is 0.266. The molecule has 1 fully saturated rings. The molecule has 2 aromatic carbocycles. The van der Waals surface area contributed by atoms with Crippen molar-refractivity contribution in [3.8, 4) is 11.1 Å². The maximum Gasteiger partial charge on any atom is 0.0464 e. The molecular formula is C27H35N. The summed E-state index contributed by atoms with van der Waals surface area (Å²) in [7, 11) is 4.37. The number of likely N-dealkylation sites (N-methyl/N-ethyl adjacent to an activating group) is 1. The van der Waals surface area contributed by atoms with Crippen LogP contribution in [0.2, 0.25) is 0 Å². The summed E-state index contributed by atoms with van der Waals surface area (Å²) in [4.78, 5) is 2.36. The number of allylic oxidation sites excluding steroid dienone is 4. The highest BCUT2D eigenvalue weighted by Crippen LogP contribution is 2.57. The summed E-state index contributed by atoms with van der Waals surface area (Å²) in [6, 6.07) is 19.6. The average Bonchev–Trinajstić information content (AvgIpc) is 3.53. The maximum absolute atomic E-state index is 2.36. The van der Waals surface area contributed by atoms with E-state index in [0.717, 1.165) is 0 Å². The fourth-order valence-electron chi connectivity index (χ4n) is 3.69. The van der Waals surface area contributed by atoms with Crippen LogP contribution in [-0.4, -0.2) is 24.5 Å². The molecule has 148 valence electrons. The van der Waals surface area contributed by atoms with Crippen molar-refractivity contribution in [2.75, 3.05) is 14.1 Å². The van der Waals surface area contributed by atoms with Gasteiger partial charge in [0.15, 0.2) is 0 Å². The van der Waals surface area contributed by atoms with Crippen LogP contribution in [0.25, 0.3) is 16.7 Å². The van der Waals surface area contributed by atoms with Gasteiger partial charge in [0.25, 0.3) is 0 Å². The molecule has 0 heterocycles. The molecule has 0 N–H and O–H groups in total. The summed E-state index contributed by atoms with van der Waals surface area (Å²) >= 11 is 0. The number of nitrogens with zero attached hydrogens (tertiary/aromatic N) is 1. The first kappa shape index (κ1) is 21.9. The molecule has 1 saturated carbocycles. The Kier molecular flexibility index (Phi) is 8.02. The van der Waals surface area contributed by atoms with Crippen LogP contribution in [0.15, 0.2) is 85.0 Å². The van der Waals surface area contributed by atoms with Crippen molar-refractivity contribution < 1.29 is 0 Å². The van der Waals surface area contributed by atoms with Gasteiger partial charge in [0, 0.05) is 11.5 Å². The Morgan fingerprint density at radius 2 is 1.36 bits per heavy atom. The third-order valence-electron chi connectivity index (χ3n) is 5.50. The van der Waals surface area contributed by atoms with Crippen molar-refractivity contribution in [3.63, 3.8) is 0 Å². The Hall–Kier alpha value is -2.38. The van der Waals surface area contributed by atoms with Crippen LogP contribution in [0.1, 0.15) is 39.7 Å². The first-order valence-electron chi connectivity index (χ1n) is 10.4. The van der Waals surface area contributed by atoms with Crippen LogP contribution in [0, 0.1) is 5.92 Å². The fourth-order valence-corrected chi connectivity index (χ4v) is 3.69. The molecule has 0 radical (unpaired) electrons. The summed E-state index contributed by atoms with van der Waals surface area (Å²) in [5.74, 6) is 0.648. The van der Waals surface area contributed by atoms with E-state index in [9.17, 15) is 0 Å². The summed E-state index contributed by atoms with van der Waals surface area (Å²) in [6.45, 7) is 8.00. The first-order chi connectivity index (χ1) is 13.6. The van der Waals surface area contributed by atoms with Crippen molar-refractivity contribution in [2.45, 2.75) is 39.7 Å². The number of fused-ring (bicyclic) bond motifs is 1. The van der Waals surface area contributed by atoms with Gasteiger partial charge in [0.1, 0.15) is 0 Å². The van der Waals surface area contributed by atoms with E-state index in [4.69, 9.17) is 0 Å². The number of hydrogen-bond acceptors (Lipinski definition) is 1. The molecule has 0 aliphatic heterocycles. The molecule has 2 aromatic rings. The zero-order valence-electron chi connectivity index (χ0n) is 18.3. The Balaban J connectivity index is 0.000000419. The largest absolute Gasteiger partial charge is 0.300 e. The molecule has 0 saturated heterocycles. The lowest BCUT2D eigenvalue weighted by molar-refractivity contribution is 0.313. The van der Waals surface area contributed by atoms with Crippen molar-refractivity contribution in [3.05, 3.63) is 90.5 Å². The topological polar surface area (TPSA) is 3.24 Å². The molecule has 0 amide bonds. The summed E-state index contributed by atoms with van der Waals surface area (Å²) in [6.07, 6.45) is 12.1. The van der Waals surface area contributed by atoms with Crippen LogP contribution in [0.4, 0.5) is 0 Å². The fraction of sp³-hybridized carbons (Fsp3) is 0.333. The van der Waals surface area contributed by atoms with Gasteiger partial charge in [-0.3, -0.25) is 4.90 Å². The van der Waals surface area contributed by atoms with Gasteiger partial charge in [0.05, 0.1) is 0 Å². The van der Waals surface area contributed by atoms with Crippen LogP contribution < -0.4 is 0 Å². The Morgan fingerprint density at radius 1 is 0.821 bits per heavy atom. The van der Waals surface area contributed by atoms with Gasteiger partial charge >= 0.3 is 0 Å². The van der Waals surface area contributed by atoms with E-state index in [2.05, 4.69) is 91.8 Å². The molecule has 0 bridgehead atoms. The second-order valence-corrected chi connectivity index (χ2v) is 7.23. The predicted molar refractivity (Wildman–Crippen MR) is 125 cm³/mol. The minimum absolute atomic E-state index is 0.266. The predicted octanol–water partition coefficient (Wildman–Crippen LogP) is 7.24. The summed E-state index contributed by atoms with van der Waals surface area (Å²) < 4.78 is 0. The SMILES string of the molecule is C/C=C\C.CC.CN(C)C12C=CC=C(c3ccc(-c4ccccc4)cc3)C1C2. The standard InChI is InChI=1S/C21H21N.C4H8.C2H6/c1-22(2)21-14-6-9-19(20(21)15-21)18-12-10-17(11-13-18)16-7-4-3-5-8-16;1-3-4-2;1-2/h3-14,20H,15H2,1-2H3;3-4H,1-2H3;1-2H3/b;4-3-;. The second-order valence-electron chi connectivity index (χ2n) is 7.23. The Labute approximate surface area is 172 Å². The molecule has 0 aromatic heterocycles. The van der Waals surface area contributed by atoms with Crippen molar-refractivity contribution in [1.82, 2.24) is 4.90 Å². The van der Waals surface area contributed by atoms with E-state index < -0.39 is 0 Å². The minimum Gasteiger partial charge on any atom is -0.300 e. The Morgan fingerprint density at radius 3 is 1.89 bits per heavy atom. The van der Waals surface area contributed by atoms with E-state index in [1.807, 2.05) is 39.8 Å². The van der Waals surface area contributed by atoms with Crippen molar-refractivity contribution >= 4 is 5.57 Å². The molecule has 4 rings (SSSR count). The highest BCUT2D eigenvalue weighted by molar-refractivity contribution is 5.77. The molecule has 1 heteroatoms. The molecule has 28 heavy (non-hydrogen) atoms. The normalized spacial score (nSPS) is 21.8.